The third-order valence-electron chi connectivity index (χ3n) is 6.04. The summed E-state index contributed by atoms with van der Waals surface area (Å²) >= 11 is 0. The number of ketones is 1. The van der Waals surface area contributed by atoms with Gasteiger partial charge in [0.25, 0.3) is 0 Å². The Morgan fingerprint density at radius 2 is 1.58 bits per heavy atom. The van der Waals surface area contributed by atoms with Gasteiger partial charge >= 0.3 is 0 Å². The summed E-state index contributed by atoms with van der Waals surface area (Å²) in [5, 5.41) is 0.742. The number of benzene rings is 1. The van der Waals surface area contributed by atoms with Gasteiger partial charge in [0.15, 0.2) is 17.3 Å². The molecule has 1 aromatic heterocycles. The first-order valence-electron chi connectivity index (χ1n) is 10.7. The number of carbonyl (C=O) groups excluding carboxylic acids is 1. The fourth-order valence-corrected chi connectivity index (χ4v) is 4.53. The highest BCUT2D eigenvalue weighted by atomic mass is 35.5. The highest BCUT2D eigenvalue weighted by molar-refractivity contribution is 5.92. The van der Waals surface area contributed by atoms with Gasteiger partial charge in [-0.05, 0) is 24.3 Å². The van der Waals surface area contributed by atoms with E-state index in [-0.39, 0.29) is 36.0 Å². The Balaban J connectivity index is 0.00000193. The van der Waals surface area contributed by atoms with Crippen molar-refractivity contribution in [1.29, 1.82) is 0 Å². The molecule has 1 fully saturated rings. The zero-order valence-electron chi connectivity index (χ0n) is 19.6. The van der Waals surface area contributed by atoms with Crippen molar-refractivity contribution in [3.05, 3.63) is 23.9 Å². The molecule has 4 rings (SSSR count). The van der Waals surface area contributed by atoms with E-state index in [2.05, 4.69) is 28.6 Å². The van der Waals surface area contributed by atoms with E-state index in [1.165, 1.54) is 0 Å². The van der Waals surface area contributed by atoms with E-state index in [4.69, 9.17) is 20.2 Å². The average Bonchev–Trinajstić information content (AvgIpc) is 2.97. The molecule has 0 saturated carbocycles. The van der Waals surface area contributed by atoms with Crippen molar-refractivity contribution >= 4 is 53.3 Å². The van der Waals surface area contributed by atoms with Crippen LogP contribution in [0.4, 0.5) is 11.8 Å². The molecule has 2 aliphatic rings. The number of anilines is 2. The van der Waals surface area contributed by atoms with Crippen molar-refractivity contribution < 1.29 is 14.3 Å². The number of ether oxygens (including phenoxy) is 2. The van der Waals surface area contributed by atoms with Crippen LogP contribution >= 0.6 is 24.8 Å². The number of nitrogen functional groups attached to an aromatic ring is 1. The van der Waals surface area contributed by atoms with Crippen molar-refractivity contribution in [3.8, 4) is 11.5 Å². The lowest BCUT2D eigenvalue weighted by molar-refractivity contribution is -0.117. The van der Waals surface area contributed by atoms with Crippen molar-refractivity contribution in [2.24, 2.45) is 5.41 Å². The molecule has 1 aliphatic heterocycles. The van der Waals surface area contributed by atoms with Crippen molar-refractivity contribution in [3.63, 3.8) is 0 Å². The lowest BCUT2D eigenvalue weighted by Crippen LogP contribution is -2.35. The summed E-state index contributed by atoms with van der Waals surface area (Å²) in [5.41, 5.74) is 8.17. The molecule has 0 radical (unpaired) electrons. The third-order valence-corrected chi connectivity index (χ3v) is 6.04. The molecule has 33 heavy (non-hydrogen) atoms. The molecular formula is C23H33Cl2N5O3. The Bertz CT molecular complexity index is 1040. The zero-order chi connectivity index (χ0) is 22.2. The van der Waals surface area contributed by atoms with Gasteiger partial charge in [0.05, 0.1) is 19.7 Å². The minimum atomic E-state index is 0. The second kappa shape index (κ2) is 10.7. The lowest BCUT2D eigenvalue weighted by atomic mass is 9.78. The van der Waals surface area contributed by atoms with Crippen LogP contribution < -0.4 is 20.1 Å². The van der Waals surface area contributed by atoms with Crippen LogP contribution in [0.5, 0.6) is 11.5 Å². The quantitative estimate of drug-likeness (QED) is 0.680. The molecule has 0 spiro atoms. The van der Waals surface area contributed by atoms with Gasteiger partial charge in [-0.2, -0.15) is 4.98 Å². The van der Waals surface area contributed by atoms with Gasteiger partial charge in [-0.15, -0.1) is 24.8 Å². The SMILES string of the molecule is COc1cc2nc(N3CCCN(C4=CC(=O)CC(C)(C)C4)CC3)nc(N)c2cc1OC.Cl.Cl. The number of carbonyl (C=O) groups is 1. The van der Waals surface area contributed by atoms with Crippen molar-refractivity contribution in [2.45, 2.75) is 33.1 Å². The van der Waals surface area contributed by atoms with Gasteiger partial charge < -0.3 is 25.0 Å². The average molecular weight is 498 g/mol. The van der Waals surface area contributed by atoms with E-state index >= 15 is 0 Å². The van der Waals surface area contributed by atoms with Gasteiger partial charge in [0.2, 0.25) is 5.95 Å². The molecule has 8 nitrogen and oxygen atoms in total. The number of halogens is 2. The Morgan fingerprint density at radius 3 is 2.24 bits per heavy atom. The molecule has 0 unspecified atom stereocenters. The molecule has 0 amide bonds. The number of nitrogens with zero attached hydrogens (tertiary/aromatic N) is 4. The Morgan fingerprint density at radius 1 is 0.939 bits per heavy atom. The van der Waals surface area contributed by atoms with Gasteiger partial charge in [-0.25, -0.2) is 4.98 Å². The molecule has 1 aliphatic carbocycles. The number of rotatable bonds is 4. The molecule has 182 valence electrons. The fraction of sp³-hybridized carbons (Fsp3) is 0.522. The van der Waals surface area contributed by atoms with Crippen LogP contribution in [0.3, 0.4) is 0 Å². The van der Waals surface area contributed by atoms with Crippen LogP contribution in [0.25, 0.3) is 10.9 Å². The van der Waals surface area contributed by atoms with E-state index in [1.807, 2.05) is 18.2 Å². The monoisotopic (exact) mass is 497 g/mol. The van der Waals surface area contributed by atoms with Crippen LogP contribution in [0.1, 0.15) is 33.1 Å². The van der Waals surface area contributed by atoms with E-state index in [0.29, 0.717) is 29.7 Å². The highest BCUT2D eigenvalue weighted by Gasteiger charge is 2.30. The van der Waals surface area contributed by atoms with Gasteiger partial charge in [0, 0.05) is 55.8 Å². The van der Waals surface area contributed by atoms with Crippen molar-refractivity contribution in [2.75, 3.05) is 51.0 Å². The smallest absolute Gasteiger partial charge is 0.227 e. The maximum absolute atomic E-state index is 12.2. The minimum Gasteiger partial charge on any atom is -0.493 e. The first-order chi connectivity index (χ1) is 14.8. The van der Waals surface area contributed by atoms with Gasteiger partial charge in [-0.3, -0.25) is 4.79 Å². The van der Waals surface area contributed by atoms with Crippen LogP contribution in [-0.4, -0.2) is 61.0 Å². The Kier molecular flexibility index (Phi) is 8.65. The van der Waals surface area contributed by atoms with Crippen LogP contribution in [0.15, 0.2) is 23.9 Å². The predicted octanol–water partition coefficient (Wildman–Crippen LogP) is 3.86. The second-order valence-corrected chi connectivity index (χ2v) is 9.08. The first-order valence-corrected chi connectivity index (χ1v) is 10.7. The van der Waals surface area contributed by atoms with E-state index in [1.54, 1.807) is 14.2 Å². The largest absolute Gasteiger partial charge is 0.493 e. The predicted molar refractivity (Wildman–Crippen MR) is 136 cm³/mol. The summed E-state index contributed by atoms with van der Waals surface area (Å²) in [5.74, 6) is 2.47. The van der Waals surface area contributed by atoms with Gasteiger partial charge in [0.1, 0.15) is 5.82 Å². The molecule has 1 saturated heterocycles. The number of hydrogen-bond acceptors (Lipinski definition) is 8. The fourth-order valence-electron chi connectivity index (χ4n) is 4.53. The molecular weight excluding hydrogens is 465 g/mol. The molecule has 1 aromatic carbocycles. The first kappa shape index (κ1) is 26.8. The number of methoxy groups -OCH3 is 2. The topological polar surface area (TPSA) is 93.8 Å². The summed E-state index contributed by atoms with van der Waals surface area (Å²) in [4.78, 5) is 26.1. The Hall–Kier alpha value is -2.45. The minimum absolute atomic E-state index is 0. The third kappa shape index (κ3) is 5.73. The lowest BCUT2D eigenvalue weighted by Gasteiger charge is -2.35. The van der Waals surface area contributed by atoms with Crippen LogP contribution in [0.2, 0.25) is 0 Å². The summed E-state index contributed by atoms with van der Waals surface area (Å²) in [6, 6.07) is 3.64. The normalized spacial score (nSPS) is 18.1. The molecule has 2 N–H and O–H groups in total. The summed E-state index contributed by atoms with van der Waals surface area (Å²) in [6.07, 6.45) is 4.35. The maximum atomic E-state index is 12.2. The molecule has 10 heteroatoms. The van der Waals surface area contributed by atoms with E-state index in [9.17, 15) is 4.79 Å². The zero-order valence-corrected chi connectivity index (χ0v) is 21.2. The molecule has 2 heterocycles. The number of aromatic nitrogens is 2. The molecule has 0 bridgehead atoms. The van der Waals surface area contributed by atoms with Gasteiger partial charge in [-0.1, -0.05) is 13.8 Å². The summed E-state index contributed by atoms with van der Waals surface area (Å²) in [7, 11) is 3.19. The molecule has 2 aromatic rings. The van der Waals surface area contributed by atoms with E-state index in [0.717, 1.165) is 55.6 Å². The van der Waals surface area contributed by atoms with E-state index < -0.39 is 0 Å². The Labute approximate surface area is 207 Å². The number of allylic oxidation sites excluding steroid dienone is 2. The maximum Gasteiger partial charge on any atom is 0.227 e. The van der Waals surface area contributed by atoms with Crippen molar-refractivity contribution in [1.82, 2.24) is 14.9 Å². The molecule has 0 atom stereocenters. The van der Waals surface area contributed by atoms with Crippen LogP contribution in [0, 0.1) is 5.41 Å². The number of hydrogen-bond donors (Lipinski definition) is 1. The standard InChI is InChI=1S/C23H31N5O3.2ClH/c1-23(2)13-15(10-16(29)14-23)27-6-5-7-28(9-8-27)22-25-18-12-20(31-4)19(30-3)11-17(18)21(24)26-22;;/h10-12H,5-9,13-14H2,1-4H3,(H2,24,25,26);2*1H. The summed E-state index contributed by atoms with van der Waals surface area (Å²) < 4.78 is 10.8. The summed E-state index contributed by atoms with van der Waals surface area (Å²) in [6.45, 7) is 7.67. The number of nitrogens with two attached hydrogens (primary N) is 1. The highest BCUT2D eigenvalue weighted by Crippen LogP contribution is 2.36. The second-order valence-electron chi connectivity index (χ2n) is 9.08. The van der Waals surface area contributed by atoms with Crippen LogP contribution in [-0.2, 0) is 4.79 Å². The number of fused-ring (bicyclic) bond motifs is 1.